The molecule has 0 saturated heterocycles. The van der Waals surface area contributed by atoms with Gasteiger partial charge in [-0.3, -0.25) is 4.79 Å². The lowest BCUT2D eigenvalue weighted by Crippen LogP contribution is -2.40. The first-order valence-electron chi connectivity index (χ1n) is 10.7. The maximum atomic E-state index is 12.5. The smallest absolute Gasteiger partial charge is 0.326 e. The van der Waals surface area contributed by atoms with E-state index in [1.807, 2.05) is 30.3 Å². The molecule has 2 aromatic carbocycles. The standard InChI is InChI=1S/C25H29Cl2NO5/c1-3-22(33-16-6-15-32-2)18-13-11-17(12-14-18)7-4-10-21(25(30)31)28-24(29)23-19(26)8-5-9-20(23)27/h4-5,7-9,11-14,21-22H,3,6,10,15-16H2,1-2H3,(H,28,29)(H,30,31)/b7-4+. The van der Waals surface area contributed by atoms with Crippen LogP contribution in [0.3, 0.4) is 0 Å². The second kappa shape index (κ2) is 14.0. The van der Waals surface area contributed by atoms with Crippen LogP contribution in [0.4, 0.5) is 0 Å². The molecule has 0 bridgehead atoms. The Bertz CT molecular complexity index is 926. The normalized spacial score (nSPS) is 13.1. The number of benzene rings is 2. The van der Waals surface area contributed by atoms with Crippen molar-refractivity contribution in [2.75, 3.05) is 20.3 Å². The van der Waals surface area contributed by atoms with Gasteiger partial charge in [-0.2, -0.15) is 0 Å². The number of hydrogen-bond donors (Lipinski definition) is 2. The Labute approximate surface area is 204 Å². The minimum Gasteiger partial charge on any atom is -0.480 e. The average Bonchev–Trinajstić information content (AvgIpc) is 2.79. The molecule has 0 aliphatic heterocycles. The van der Waals surface area contributed by atoms with Crippen LogP contribution in [-0.2, 0) is 14.3 Å². The summed E-state index contributed by atoms with van der Waals surface area (Å²) in [6.07, 6.45) is 5.35. The quantitative estimate of drug-likeness (QED) is 0.345. The van der Waals surface area contributed by atoms with Crippen LogP contribution in [0.5, 0.6) is 0 Å². The highest BCUT2D eigenvalue weighted by molar-refractivity contribution is 6.39. The van der Waals surface area contributed by atoms with Gasteiger partial charge in [0, 0.05) is 20.3 Å². The molecule has 2 N–H and O–H groups in total. The molecule has 2 rings (SSSR count). The molecule has 33 heavy (non-hydrogen) atoms. The highest BCUT2D eigenvalue weighted by Crippen LogP contribution is 2.24. The molecule has 2 unspecified atom stereocenters. The molecule has 0 spiro atoms. The van der Waals surface area contributed by atoms with Crippen LogP contribution in [0.15, 0.2) is 48.5 Å². The van der Waals surface area contributed by atoms with Gasteiger partial charge in [-0.25, -0.2) is 4.79 Å². The molecule has 0 aliphatic rings. The third kappa shape index (κ3) is 8.48. The fourth-order valence-electron chi connectivity index (χ4n) is 3.21. The molecule has 178 valence electrons. The monoisotopic (exact) mass is 493 g/mol. The van der Waals surface area contributed by atoms with Crippen molar-refractivity contribution in [1.82, 2.24) is 5.32 Å². The first-order valence-corrected chi connectivity index (χ1v) is 11.5. The van der Waals surface area contributed by atoms with Crippen LogP contribution in [0, 0.1) is 0 Å². The highest BCUT2D eigenvalue weighted by Gasteiger charge is 2.22. The van der Waals surface area contributed by atoms with Gasteiger partial charge in [-0.05, 0) is 42.5 Å². The van der Waals surface area contributed by atoms with E-state index in [0.29, 0.717) is 13.2 Å². The molecule has 0 heterocycles. The molecule has 0 aliphatic carbocycles. The summed E-state index contributed by atoms with van der Waals surface area (Å²) in [5.41, 5.74) is 2.05. The van der Waals surface area contributed by atoms with Crippen molar-refractivity contribution in [3.63, 3.8) is 0 Å². The number of hydrogen-bond acceptors (Lipinski definition) is 4. The van der Waals surface area contributed by atoms with Gasteiger partial charge in [0.1, 0.15) is 6.04 Å². The summed E-state index contributed by atoms with van der Waals surface area (Å²) < 4.78 is 11.0. The van der Waals surface area contributed by atoms with E-state index in [-0.39, 0.29) is 28.1 Å². The summed E-state index contributed by atoms with van der Waals surface area (Å²) in [6.45, 7) is 3.38. The van der Waals surface area contributed by atoms with Crippen molar-refractivity contribution in [2.45, 2.75) is 38.3 Å². The molecule has 0 saturated carbocycles. The van der Waals surface area contributed by atoms with Crippen LogP contribution in [0.2, 0.25) is 10.0 Å². The number of aliphatic carboxylic acids is 1. The average molecular weight is 494 g/mol. The summed E-state index contributed by atoms with van der Waals surface area (Å²) in [5, 5.41) is 12.3. The molecule has 0 fully saturated rings. The van der Waals surface area contributed by atoms with E-state index in [0.717, 1.165) is 24.0 Å². The Morgan fingerprint density at radius 2 is 1.76 bits per heavy atom. The molecule has 8 heteroatoms. The molecular formula is C25H29Cl2NO5. The minimum atomic E-state index is -1.15. The summed E-state index contributed by atoms with van der Waals surface area (Å²) >= 11 is 12.1. The van der Waals surface area contributed by atoms with Crippen molar-refractivity contribution in [3.8, 4) is 0 Å². The number of carboxylic acids is 1. The molecule has 0 radical (unpaired) electrons. The van der Waals surface area contributed by atoms with Crippen LogP contribution in [0.25, 0.3) is 6.08 Å². The predicted molar refractivity (Wildman–Crippen MR) is 131 cm³/mol. The predicted octanol–water partition coefficient (Wildman–Crippen LogP) is 5.78. The zero-order valence-corrected chi connectivity index (χ0v) is 20.2. The van der Waals surface area contributed by atoms with Gasteiger partial charge in [0.2, 0.25) is 0 Å². The Hall–Kier alpha value is -2.38. The summed E-state index contributed by atoms with van der Waals surface area (Å²) in [7, 11) is 1.67. The Morgan fingerprint density at radius 3 is 2.33 bits per heavy atom. The highest BCUT2D eigenvalue weighted by atomic mass is 35.5. The molecular weight excluding hydrogens is 465 g/mol. The van der Waals surface area contributed by atoms with Crippen LogP contribution >= 0.6 is 23.2 Å². The molecule has 1 amide bonds. The zero-order valence-electron chi connectivity index (χ0n) is 18.7. The summed E-state index contributed by atoms with van der Waals surface area (Å²) in [4.78, 5) is 24.1. The van der Waals surface area contributed by atoms with E-state index < -0.39 is 17.9 Å². The van der Waals surface area contributed by atoms with Crippen molar-refractivity contribution in [2.24, 2.45) is 0 Å². The lowest BCUT2D eigenvalue weighted by atomic mass is 10.0. The number of carbonyl (C=O) groups is 2. The van der Waals surface area contributed by atoms with Gasteiger partial charge in [0.15, 0.2) is 0 Å². The topological polar surface area (TPSA) is 84.9 Å². The maximum absolute atomic E-state index is 12.5. The number of halogens is 2. The third-order valence-electron chi connectivity index (χ3n) is 4.97. The van der Waals surface area contributed by atoms with E-state index in [1.54, 1.807) is 19.3 Å². The van der Waals surface area contributed by atoms with Gasteiger partial charge in [-0.15, -0.1) is 0 Å². The Kier molecular flexibility index (Phi) is 11.4. The van der Waals surface area contributed by atoms with Gasteiger partial charge in [0.25, 0.3) is 5.91 Å². The SMILES string of the molecule is CCC(OCCCOC)c1ccc(/C=C/CC(NC(=O)c2c(Cl)cccc2Cl)C(=O)O)cc1. The van der Waals surface area contributed by atoms with Crippen LogP contribution in [0.1, 0.15) is 53.8 Å². The lowest BCUT2D eigenvalue weighted by Gasteiger charge is -2.16. The van der Waals surface area contributed by atoms with Gasteiger partial charge < -0.3 is 19.9 Å². The third-order valence-corrected chi connectivity index (χ3v) is 5.60. The van der Waals surface area contributed by atoms with E-state index in [4.69, 9.17) is 32.7 Å². The fraction of sp³-hybridized carbons (Fsp3) is 0.360. The van der Waals surface area contributed by atoms with Crippen LogP contribution in [-0.4, -0.2) is 43.3 Å². The number of carbonyl (C=O) groups excluding carboxylic acids is 1. The number of amides is 1. The largest absolute Gasteiger partial charge is 0.480 e. The van der Waals surface area contributed by atoms with Gasteiger partial charge >= 0.3 is 5.97 Å². The molecule has 2 aromatic rings. The van der Waals surface area contributed by atoms with Gasteiger partial charge in [-0.1, -0.05) is 72.6 Å². The Morgan fingerprint density at radius 1 is 1.09 bits per heavy atom. The first-order chi connectivity index (χ1) is 15.9. The van der Waals surface area contributed by atoms with Crippen molar-refractivity contribution < 1.29 is 24.2 Å². The molecule has 2 atom stereocenters. The number of rotatable bonds is 13. The minimum absolute atomic E-state index is 0.0168. The Balaban J connectivity index is 1.97. The second-order valence-corrected chi connectivity index (χ2v) is 8.19. The number of methoxy groups -OCH3 is 1. The van der Waals surface area contributed by atoms with Crippen molar-refractivity contribution in [1.29, 1.82) is 0 Å². The second-order valence-electron chi connectivity index (χ2n) is 7.38. The van der Waals surface area contributed by atoms with Gasteiger partial charge in [0.05, 0.1) is 21.7 Å². The van der Waals surface area contributed by atoms with E-state index in [9.17, 15) is 14.7 Å². The summed E-state index contributed by atoms with van der Waals surface area (Å²) in [5.74, 6) is -1.78. The number of ether oxygens (including phenoxy) is 2. The number of carboxylic acid groups (broad SMARTS) is 1. The van der Waals surface area contributed by atoms with Crippen LogP contribution < -0.4 is 5.32 Å². The number of nitrogens with one attached hydrogen (secondary N) is 1. The van der Waals surface area contributed by atoms with Crippen molar-refractivity contribution >= 4 is 41.2 Å². The summed E-state index contributed by atoms with van der Waals surface area (Å²) in [6, 6.07) is 11.4. The van der Waals surface area contributed by atoms with E-state index in [2.05, 4.69) is 12.2 Å². The van der Waals surface area contributed by atoms with E-state index >= 15 is 0 Å². The van der Waals surface area contributed by atoms with E-state index in [1.165, 1.54) is 12.1 Å². The molecule has 0 aromatic heterocycles. The molecule has 6 nitrogen and oxygen atoms in total. The fourth-order valence-corrected chi connectivity index (χ4v) is 3.78. The maximum Gasteiger partial charge on any atom is 0.326 e. The van der Waals surface area contributed by atoms with Crippen molar-refractivity contribution in [3.05, 3.63) is 75.3 Å². The lowest BCUT2D eigenvalue weighted by molar-refractivity contribution is -0.139. The first kappa shape index (κ1) is 26.9. The zero-order chi connectivity index (χ0) is 24.2.